The molecule has 1 aliphatic carbocycles. The standard InChI is InChI=1S/C15H12ClN5/c16-13-12-14(20-9-19-13)21(8-15(12)3-1-4-15)11-6-10(7-17)2-5-18-11/h2,5-6,9H,1,3-4,8H2. The van der Waals surface area contributed by atoms with Crippen molar-refractivity contribution >= 4 is 23.2 Å². The van der Waals surface area contributed by atoms with Gasteiger partial charge >= 0.3 is 0 Å². The minimum atomic E-state index is 0.0536. The first kappa shape index (κ1) is 12.5. The predicted octanol–water partition coefficient (Wildman–Crippen LogP) is 2.97. The zero-order chi connectivity index (χ0) is 14.4. The van der Waals surface area contributed by atoms with Gasteiger partial charge in [0, 0.05) is 23.7 Å². The molecule has 5 nitrogen and oxygen atoms in total. The maximum atomic E-state index is 9.06. The van der Waals surface area contributed by atoms with E-state index in [0.29, 0.717) is 10.7 Å². The van der Waals surface area contributed by atoms with Crippen molar-refractivity contribution < 1.29 is 0 Å². The molecule has 0 aromatic carbocycles. The molecule has 1 fully saturated rings. The zero-order valence-corrected chi connectivity index (χ0v) is 12.0. The van der Waals surface area contributed by atoms with Gasteiger partial charge in [-0.3, -0.25) is 0 Å². The molecule has 104 valence electrons. The third-order valence-electron chi connectivity index (χ3n) is 4.49. The molecular formula is C15H12ClN5. The van der Waals surface area contributed by atoms with E-state index in [1.807, 2.05) is 0 Å². The molecule has 6 heteroatoms. The largest absolute Gasteiger partial charge is 0.310 e. The summed E-state index contributed by atoms with van der Waals surface area (Å²) >= 11 is 6.33. The van der Waals surface area contributed by atoms with Gasteiger partial charge in [0.1, 0.15) is 23.1 Å². The van der Waals surface area contributed by atoms with E-state index < -0.39 is 0 Å². The average molecular weight is 298 g/mol. The molecule has 3 heterocycles. The number of fused-ring (bicyclic) bond motifs is 2. The molecular weight excluding hydrogens is 286 g/mol. The number of hydrogen-bond donors (Lipinski definition) is 0. The Morgan fingerprint density at radius 2 is 2.14 bits per heavy atom. The van der Waals surface area contributed by atoms with E-state index in [1.54, 1.807) is 18.3 Å². The summed E-state index contributed by atoms with van der Waals surface area (Å²) in [5, 5.41) is 9.60. The lowest BCUT2D eigenvalue weighted by molar-refractivity contribution is 0.266. The monoisotopic (exact) mass is 297 g/mol. The van der Waals surface area contributed by atoms with Gasteiger partial charge in [0.2, 0.25) is 0 Å². The van der Waals surface area contributed by atoms with Gasteiger partial charge in [0.15, 0.2) is 0 Å². The Kier molecular flexibility index (Phi) is 2.63. The van der Waals surface area contributed by atoms with Crippen molar-refractivity contribution in [2.75, 3.05) is 11.4 Å². The van der Waals surface area contributed by atoms with Crippen molar-refractivity contribution in [3.8, 4) is 6.07 Å². The summed E-state index contributed by atoms with van der Waals surface area (Å²) in [5.74, 6) is 1.58. The molecule has 2 aromatic heterocycles. The highest BCUT2D eigenvalue weighted by atomic mass is 35.5. The minimum Gasteiger partial charge on any atom is -0.310 e. The summed E-state index contributed by atoms with van der Waals surface area (Å²) in [6.07, 6.45) is 6.54. The van der Waals surface area contributed by atoms with Crippen LogP contribution < -0.4 is 4.90 Å². The summed E-state index contributed by atoms with van der Waals surface area (Å²) < 4.78 is 0. The summed E-state index contributed by atoms with van der Waals surface area (Å²) in [6.45, 7) is 0.808. The van der Waals surface area contributed by atoms with Crippen molar-refractivity contribution in [3.63, 3.8) is 0 Å². The maximum absolute atomic E-state index is 9.06. The van der Waals surface area contributed by atoms with Crippen molar-refractivity contribution in [1.82, 2.24) is 15.0 Å². The van der Waals surface area contributed by atoms with E-state index in [2.05, 4.69) is 25.9 Å². The van der Waals surface area contributed by atoms with Gasteiger partial charge in [0.05, 0.1) is 11.6 Å². The molecule has 0 radical (unpaired) electrons. The summed E-state index contributed by atoms with van der Waals surface area (Å²) in [4.78, 5) is 15.0. The van der Waals surface area contributed by atoms with Crippen molar-refractivity contribution in [2.45, 2.75) is 24.7 Å². The highest BCUT2D eigenvalue weighted by Crippen LogP contribution is 2.55. The smallest absolute Gasteiger partial charge is 0.142 e. The topological polar surface area (TPSA) is 65.7 Å². The number of hydrogen-bond acceptors (Lipinski definition) is 5. The van der Waals surface area contributed by atoms with Crippen LogP contribution in [0.15, 0.2) is 24.7 Å². The molecule has 21 heavy (non-hydrogen) atoms. The van der Waals surface area contributed by atoms with E-state index in [0.717, 1.165) is 36.6 Å². The molecule has 0 unspecified atom stereocenters. The molecule has 1 aliphatic heterocycles. The van der Waals surface area contributed by atoms with Gasteiger partial charge in [-0.05, 0) is 25.0 Å². The number of nitrogens with zero attached hydrogens (tertiary/aromatic N) is 5. The molecule has 4 rings (SSSR count). The molecule has 2 aliphatic rings. The van der Waals surface area contributed by atoms with E-state index in [1.165, 1.54) is 12.7 Å². The Morgan fingerprint density at radius 3 is 2.86 bits per heavy atom. The maximum Gasteiger partial charge on any atom is 0.142 e. The van der Waals surface area contributed by atoms with Gasteiger partial charge in [-0.25, -0.2) is 15.0 Å². The fraction of sp³-hybridized carbons (Fsp3) is 0.333. The number of anilines is 2. The molecule has 1 spiro atoms. The van der Waals surface area contributed by atoms with Crippen molar-refractivity contribution in [1.29, 1.82) is 5.26 Å². The van der Waals surface area contributed by atoms with E-state index in [-0.39, 0.29) is 5.41 Å². The second kappa shape index (κ2) is 4.40. The summed E-state index contributed by atoms with van der Waals surface area (Å²) in [5.41, 5.74) is 1.69. The van der Waals surface area contributed by atoms with Gasteiger partial charge < -0.3 is 4.90 Å². The second-order valence-corrected chi connectivity index (χ2v) is 5.96. The summed E-state index contributed by atoms with van der Waals surface area (Å²) in [6, 6.07) is 5.64. The second-order valence-electron chi connectivity index (χ2n) is 5.60. The lowest BCUT2D eigenvalue weighted by atomic mass is 9.66. The normalized spacial score (nSPS) is 18.2. The quantitative estimate of drug-likeness (QED) is 0.757. The van der Waals surface area contributed by atoms with Gasteiger partial charge in [-0.1, -0.05) is 18.0 Å². The lowest BCUT2D eigenvalue weighted by Gasteiger charge is -2.38. The molecule has 0 N–H and O–H groups in total. The van der Waals surface area contributed by atoms with E-state index in [9.17, 15) is 0 Å². The molecule has 2 aromatic rings. The van der Waals surface area contributed by atoms with Crippen LogP contribution in [0.25, 0.3) is 0 Å². The van der Waals surface area contributed by atoms with Crippen LogP contribution >= 0.6 is 11.6 Å². The third-order valence-corrected chi connectivity index (χ3v) is 4.78. The highest BCUT2D eigenvalue weighted by Gasteiger charge is 2.50. The van der Waals surface area contributed by atoms with Crippen LogP contribution in [0.2, 0.25) is 5.15 Å². The number of nitriles is 1. The minimum absolute atomic E-state index is 0.0536. The van der Waals surface area contributed by atoms with Crippen LogP contribution in [0, 0.1) is 11.3 Å². The fourth-order valence-corrected chi connectivity index (χ4v) is 3.64. The van der Waals surface area contributed by atoms with Crippen LogP contribution in [0.4, 0.5) is 11.6 Å². The van der Waals surface area contributed by atoms with Crippen LogP contribution in [-0.4, -0.2) is 21.5 Å². The number of pyridine rings is 1. The number of halogens is 1. The molecule has 0 bridgehead atoms. The van der Waals surface area contributed by atoms with E-state index in [4.69, 9.17) is 16.9 Å². The predicted molar refractivity (Wildman–Crippen MR) is 78.5 cm³/mol. The third kappa shape index (κ3) is 1.72. The number of aromatic nitrogens is 3. The summed E-state index contributed by atoms with van der Waals surface area (Å²) in [7, 11) is 0. The fourth-order valence-electron chi connectivity index (χ4n) is 3.31. The Morgan fingerprint density at radius 1 is 1.29 bits per heavy atom. The highest BCUT2D eigenvalue weighted by molar-refractivity contribution is 6.30. The van der Waals surface area contributed by atoms with Crippen LogP contribution in [-0.2, 0) is 5.41 Å². The molecule has 0 atom stereocenters. The Balaban J connectivity index is 1.86. The number of rotatable bonds is 1. The average Bonchev–Trinajstić information content (AvgIpc) is 2.84. The van der Waals surface area contributed by atoms with E-state index >= 15 is 0 Å². The molecule has 0 amide bonds. The molecule has 0 saturated heterocycles. The first-order valence-corrected chi connectivity index (χ1v) is 7.26. The van der Waals surface area contributed by atoms with Crippen LogP contribution in [0.1, 0.15) is 30.4 Å². The lowest BCUT2D eigenvalue weighted by Crippen LogP contribution is -2.38. The van der Waals surface area contributed by atoms with Gasteiger partial charge in [-0.15, -0.1) is 0 Å². The van der Waals surface area contributed by atoms with Gasteiger partial charge in [-0.2, -0.15) is 5.26 Å². The first-order chi connectivity index (χ1) is 10.2. The Labute approximate surface area is 127 Å². The molecule has 1 saturated carbocycles. The Bertz CT molecular complexity index is 763. The van der Waals surface area contributed by atoms with Crippen LogP contribution in [0.3, 0.4) is 0 Å². The first-order valence-electron chi connectivity index (χ1n) is 6.88. The SMILES string of the molecule is N#Cc1ccnc(N2CC3(CCC3)c3c(Cl)ncnc32)c1. The van der Waals surface area contributed by atoms with Crippen molar-refractivity contribution in [3.05, 3.63) is 40.9 Å². The Hall–Kier alpha value is -2.19. The van der Waals surface area contributed by atoms with Crippen LogP contribution in [0.5, 0.6) is 0 Å². The van der Waals surface area contributed by atoms with Gasteiger partial charge in [0.25, 0.3) is 0 Å². The van der Waals surface area contributed by atoms with Crippen molar-refractivity contribution in [2.24, 2.45) is 0 Å². The zero-order valence-electron chi connectivity index (χ0n) is 11.3.